The van der Waals surface area contributed by atoms with Crippen LogP contribution in [0.2, 0.25) is 0 Å². The second-order valence-electron chi connectivity index (χ2n) is 5.78. The molecule has 3 rings (SSSR count). The fourth-order valence-corrected chi connectivity index (χ4v) is 2.65. The van der Waals surface area contributed by atoms with Gasteiger partial charge in [0.05, 0.1) is 24.5 Å². The van der Waals surface area contributed by atoms with Gasteiger partial charge in [-0.1, -0.05) is 0 Å². The Bertz CT molecular complexity index is 1030. The van der Waals surface area contributed by atoms with Crippen molar-refractivity contribution in [2.75, 3.05) is 7.11 Å². The normalized spacial score (nSPS) is 10.6. The van der Waals surface area contributed by atoms with Crippen molar-refractivity contribution in [1.82, 2.24) is 10.4 Å². The summed E-state index contributed by atoms with van der Waals surface area (Å²) in [6.07, 6.45) is 4.52. The van der Waals surface area contributed by atoms with E-state index in [9.17, 15) is 9.59 Å². The maximum absolute atomic E-state index is 12.2. The van der Waals surface area contributed by atoms with Gasteiger partial charge in [-0.3, -0.25) is 9.78 Å². The molecule has 146 valence electrons. The van der Waals surface area contributed by atoms with E-state index in [1.165, 1.54) is 12.4 Å². The van der Waals surface area contributed by atoms with Crippen LogP contribution in [-0.2, 0) is 0 Å². The van der Waals surface area contributed by atoms with E-state index in [1.54, 1.807) is 67.9 Å². The van der Waals surface area contributed by atoms with Crippen LogP contribution in [-0.4, -0.2) is 30.2 Å². The van der Waals surface area contributed by atoms with Crippen molar-refractivity contribution in [3.8, 4) is 11.5 Å². The number of benzene rings is 2. The van der Waals surface area contributed by atoms with E-state index in [-0.39, 0.29) is 5.91 Å². The number of hydrogen-bond acceptors (Lipinski definition) is 6. The lowest BCUT2D eigenvalue weighted by molar-refractivity contribution is 0.0734. The van der Waals surface area contributed by atoms with E-state index in [0.29, 0.717) is 27.1 Å². The minimum atomic E-state index is -0.469. The van der Waals surface area contributed by atoms with Gasteiger partial charge in [-0.2, -0.15) is 5.10 Å². The Morgan fingerprint density at radius 1 is 1.00 bits per heavy atom. The van der Waals surface area contributed by atoms with Gasteiger partial charge in [0, 0.05) is 16.9 Å². The summed E-state index contributed by atoms with van der Waals surface area (Å²) in [4.78, 5) is 28.1. The van der Waals surface area contributed by atoms with Crippen LogP contribution >= 0.6 is 15.9 Å². The first-order chi connectivity index (χ1) is 14.0. The van der Waals surface area contributed by atoms with Crippen LogP contribution < -0.4 is 14.9 Å². The number of carbonyl (C=O) groups excluding carboxylic acids is 2. The fourth-order valence-electron chi connectivity index (χ4n) is 2.28. The smallest absolute Gasteiger partial charge is 0.343 e. The second kappa shape index (κ2) is 9.61. The minimum absolute atomic E-state index is 0.375. The molecule has 0 spiro atoms. The lowest BCUT2D eigenvalue weighted by Gasteiger charge is -2.05. The number of pyridine rings is 1. The number of hydrogen-bond donors (Lipinski definition) is 1. The molecular formula is C21H16BrN3O4. The van der Waals surface area contributed by atoms with Crippen LogP contribution in [0, 0.1) is 0 Å². The molecule has 0 atom stereocenters. The number of nitrogens with zero attached hydrogens (tertiary/aromatic N) is 2. The predicted molar refractivity (Wildman–Crippen MR) is 111 cm³/mol. The molecule has 0 radical (unpaired) electrons. The number of halogens is 1. The highest BCUT2D eigenvalue weighted by Gasteiger charge is 2.09. The number of esters is 1. The molecule has 0 aliphatic heterocycles. The highest BCUT2D eigenvalue weighted by molar-refractivity contribution is 9.10. The summed E-state index contributed by atoms with van der Waals surface area (Å²) in [5, 5.41) is 3.91. The van der Waals surface area contributed by atoms with Crippen molar-refractivity contribution in [2.45, 2.75) is 0 Å². The van der Waals surface area contributed by atoms with E-state index < -0.39 is 5.97 Å². The zero-order valence-corrected chi connectivity index (χ0v) is 16.9. The van der Waals surface area contributed by atoms with E-state index in [2.05, 4.69) is 31.4 Å². The Balaban J connectivity index is 1.56. The molecular weight excluding hydrogens is 438 g/mol. The molecule has 3 aromatic rings. The number of aromatic nitrogens is 1. The first kappa shape index (κ1) is 20.2. The summed E-state index contributed by atoms with van der Waals surface area (Å²) in [5.74, 6) is 0.213. The predicted octanol–water partition coefficient (Wildman–Crippen LogP) is 3.84. The van der Waals surface area contributed by atoms with Crippen molar-refractivity contribution in [3.63, 3.8) is 0 Å². The summed E-state index contributed by atoms with van der Waals surface area (Å²) >= 11 is 3.26. The Hall–Kier alpha value is -3.52. The van der Waals surface area contributed by atoms with Crippen molar-refractivity contribution in [2.24, 2.45) is 5.10 Å². The van der Waals surface area contributed by atoms with Crippen LogP contribution in [0.5, 0.6) is 11.5 Å². The monoisotopic (exact) mass is 453 g/mol. The zero-order chi connectivity index (χ0) is 20.6. The highest BCUT2D eigenvalue weighted by Crippen LogP contribution is 2.16. The standard InChI is InChI=1S/C21H16BrN3O4/c1-28-18-8-4-15(5-9-18)21(27)29-19-6-2-14(3-7-19)11-24-25-20(26)16-10-17(22)13-23-12-16/h2-13H,1H3,(H,25,26)/b24-11-. The van der Waals surface area contributed by atoms with E-state index >= 15 is 0 Å². The highest BCUT2D eigenvalue weighted by atomic mass is 79.9. The third kappa shape index (κ3) is 5.73. The molecule has 0 saturated carbocycles. The summed E-state index contributed by atoms with van der Waals surface area (Å²) in [7, 11) is 1.56. The zero-order valence-electron chi connectivity index (χ0n) is 15.3. The van der Waals surface area contributed by atoms with Crippen LogP contribution in [0.15, 0.2) is 76.6 Å². The number of amides is 1. The maximum Gasteiger partial charge on any atom is 0.343 e. The van der Waals surface area contributed by atoms with E-state index in [4.69, 9.17) is 9.47 Å². The topological polar surface area (TPSA) is 89.9 Å². The van der Waals surface area contributed by atoms with E-state index in [0.717, 1.165) is 5.56 Å². The van der Waals surface area contributed by atoms with Gasteiger partial charge in [-0.25, -0.2) is 10.2 Å². The molecule has 0 unspecified atom stereocenters. The average Bonchev–Trinajstić information content (AvgIpc) is 2.75. The molecule has 1 aromatic heterocycles. The number of carbonyl (C=O) groups is 2. The van der Waals surface area contributed by atoms with Gasteiger partial charge >= 0.3 is 5.97 Å². The van der Waals surface area contributed by atoms with Gasteiger partial charge < -0.3 is 9.47 Å². The summed E-state index contributed by atoms with van der Waals surface area (Å²) in [6, 6.07) is 15.0. The van der Waals surface area contributed by atoms with Crippen molar-refractivity contribution < 1.29 is 19.1 Å². The molecule has 8 heteroatoms. The molecule has 0 bridgehead atoms. The van der Waals surface area contributed by atoms with Crippen molar-refractivity contribution in [3.05, 3.63) is 88.2 Å². The lowest BCUT2D eigenvalue weighted by atomic mass is 10.2. The molecule has 1 amide bonds. The Morgan fingerprint density at radius 2 is 1.69 bits per heavy atom. The number of ether oxygens (including phenoxy) is 2. The number of nitrogens with one attached hydrogen (secondary N) is 1. The largest absolute Gasteiger partial charge is 0.497 e. The van der Waals surface area contributed by atoms with Crippen molar-refractivity contribution in [1.29, 1.82) is 0 Å². The van der Waals surface area contributed by atoms with Crippen molar-refractivity contribution >= 4 is 34.0 Å². The maximum atomic E-state index is 12.2. The van der Waals surface area contributed by atoms with Gasteiger partial charge in [-0.05, 0) is 76.1 Å². The van der Waals surface area contributed by atoms with Gasteiger partial charge in [0.1, 0.15) is 11.5 Å². The van der Waals surface area contributed by atoms with Crippen LogP contribution in [0.1, 0.15) is 26.3 Å². The van der Waals surface area contributed by atoms with Crippen LogP contribution in [0.25, 0.3) is 0 Å². The molecule has 1 heterocycles. The number of methoxy groups -OCH3 is 1. The van der Waals surface area contributed by atoms with Gasteiger partial charge in [-0.15, -0.1) is 0 Å². The van der Waals surface area contributed by atoms with Gasteiger partial charge in [0.25, 0.3) is 5.91 Å². The molecule has 29 heavy (non-hydrogen) atoms. The first-order valence-corrected chi connectivity index (χ1v) is 9.25. The molecule has 0 aliphatic carbocycles. The average molecular weight is 454 g/mol. The Kier molecular flexibility index (Phi) is 6.70. The molecule has 1 N–H and O–H groups in total. The molecule has 2 aromatic carbocycles. The van der Waals surface area contributed by atoms with Crippen LogP contribution in [0.4, 0.5) is 0 Å². The molecule has 0 fully saturated rings. The number of rotatable bonds is 6. The Morgan fingerprint density at radius 3 is 2.34 bits per heavy atom. The summed E-state index contributed by atoms with van der Waals surface area (Å²) in [5.41, 5.74) is 3.95. The van der Waals surface area contributed by atoms with Gasteiger partial charge in [0.2, 0.25) is 0 Å². The minimum Gasteiger partial charge on any atom is -0.497 e. The lowest BCUT2D eigenvalue weighted by Crippen LogP contribution is -2.17. The molecule has 7 nitrogen and oxygen atoms in total. The summed E-state index contributed by atoms with van der Waals surface area (Å²) < 4.78 is 11.1. The first-order valence-electron chi connectivity index (χ1n) is 8.45. The molecule has 0 saturated heterocycles. The third-order valence-electron chi connectivity index (χ3n) is 3.76. The number of hydrazone groups is 1. The van der Waals surface area contributed by atoms with Gasteiger partial charge in [0.15, 0.2) is 0 Å². The molecule has 0 aliphatic rings. The Labute approximate surface area is 175 Å². The SMILES string of the molecule is COc1ccc(C(=O)Oc2ccc(/C=N\NC(=O)c3cncc(Br)c3)cc2)cc1. The second-order valence-corrected chi connectivity index (χ2v) is 6.69. The fraction of sp³-hybridized carbons (Fsp3) is 0.0476. The van der Waals surface area contributed by atoms with Crippen LogP contribution in [0.3, 0.4) is 0 Å². The third-order valence-corrected chi connectivity index (χ3v) is 4.20. The quantitative estimate of drug-likeness (QED) is 0.265. The summed E-state index contributed by atoms with van der Waals surface area (Å²) in [6.45, 7) is 0. The van der Waals surface area contributed by atoms with E-state index in [1.807, 2.05) is 0 Å².